The lowest BCUT2D eigenvalue weighted by atomic mass is 9.92. The zero-order valence-electron chi connectivity index (χ0n) is 16.2. The molecule has 3 rings (SSSR count). The summed E-state index contributed by atoms with van der Waals surface area (Å²) in [5, 5.41) is 0. The minimum Gasteiger partial charge on any atom is -0.376 e. The van der Waals surface area contributed by atoms with Gasteiger partial charge in [-0.25, -0.2) is 0 Å². The Morgan fingerprint density at radius 1 is 1.00 bits per heavy atom. The summed E-state index contributed by atoms with van der Waals surface area (Å²) in [4.78, 5) is 28.8. The van der Waals surface area contributed by atoms with Crippen molar-refractivity contribution in [1.29, 1.82) is 0 Å². The second-order valence-corrected chi connectivity index (χ2v) is 8.02. The fraction of sp³-hybridized carbons (Fsp3) is 0.900. The summed E-state index contributed by atoms with van der Waals surface area (Å²) in [5.74, 6) is 0.792. The average Bonchev–Trinajstić information content (AvgIpc) is 3.22. The smallest absolute Gasteiger partial charge is 0.251 e. The second-order valence-electron chi connectivity index (χ2n) is 8.02. The molecule has 3 heterocycles. The van der Waals surface area contributed by atoms with E-state index in [1.54, 1.807) is 0 Å². The molecule has 0 aromatic rings. The molecule has 0 spiro atoms. The van der Waals surface area contributed by atoms with Crippen molar-refractivity contribution in [3.05, 3.63) is 0 Å². The van der Waals surface area contributed by atoms with E-state index in [2.05, 4.69) is 0 Å². The summed E-state index contributed by atoms with van der Waals surface area (Å²) in [6.45, 7) is 6.49. The highest BCUT2D eigenvalue weighted by molar-refractivity contribution is 5.80. The van der Waals surface area contributed by atoms with Crippen LogP contribution in [0.25, 0.3) is 0 Å². The summed E-state index contributed by atoms with van der Waals surface area (Å²) in [6.07, 6.45) is 7.83. The first-order valence-corrected chi connectivity index (χ1v) is 10.4. The molecule has 0 N–H and O–H groups in total. The number of likely N-dealkylation sites (tertiary alicyclic amines) is 2. The molecule has 0 radical (unpaired) electrons. The first-order chi connectivity index (χ1) is 12.6. The Labute approximate surface area is 157 Å². The molecule has 0 bridgehead atoms. The predicted octanol–water partition coefficient (Wildman–Crippen LogP) is 2.21. The molecule has 6 nitrogen and oxygen atoms in total. The third-order valence-electron chi connectivity index (χ3n) is 6.00. The van der Waals surface area contributed by atoms with Crippen LogP contribution in [0.5, 0.6) is 0 Å². The van der Waals surface area contributed by atoms with E-state index in [0.717, 1.165) is 71.3 Å². The van der Waals surface area contributed by atoms with Crippen LogP contribution in [0.15, 0.2) is 0 Å². The predicted molar refractivity (Wildman–Crippen MR) is 98.7 cm³/mol. The molecular weight excluding hydrogens is 332 g/mol. The molecule has 0 saturated carbocycles. The Bertz CT molecular complexity index is 464. The maximum absolute atomic E-state index is 12.6. The van der Waals surface area contributed by atoms with Gasteiger partial charge in [-0.1, -0.05) is 0 Å². The SMILES string of the molecule is CC(OCC1CCCCO1)C(=O)N1CCC(CC(=O)N2CCCC2)CC1. The highest BCUT2D eigenvalue weighted by Gasteiger charge is 2.29. The van der Waals surface area contributed by atoms with E-state index >= 15 is 0 Å². The minimum atomic E-state index is -0.414. The van der Waals surface area contributed by atoms with Crippen LogP contribution in [0, 0.1) is 5.92 Å². The third kappa shape index (κ3) is 5.43. The number of nitrogens with zero attached hydrogens (tertiary/aromatic N) is 2. The number of rotatable bonds is 6. The maximum atomic E-state index is 12.6. The number of hydrogen-bond acceptors (Lipinski definition) is 4. The van der Waals surface area contributed by atoms with Crippen LogP contribution in [0.4, 0.5) is 0 Å². The fourth-order valence-corrected chi connectivity index (χ4v) is 4.22. The van der Waals surface area contributed by atoms with E-state index in [0.29, 0.717) is 24.9 Å². The lowest BCUT2D eigenvalue weighted by Crippen LogP contribution is -2.45. The summed E-state index contributed by atoms with van der Waals surface area (Å²) in [6, 6.07) is 0. The number of carbonyl (C=O) groups excluding carboxylic acids is 2. The van der Waals surface area contributed by atoms with Gasteiger partial charge in [-0.15, -0.1) is 0 Å². The molecule has 3 saturated heterocycles. The normalized spacial score (nSPS) is 26.1. The number of piperidine rings is 1. The fourth-order valence-electron chi connectivity index (χ4n) is 4.22. The highest BCUT2D eigenvalue weighted by atomic mass is 16.5. The van der Waals surface area contributed by atoms with Gasteiger partial charge in [0.1, 0.15) is 6.10 Å². The van der Waals surface area contributed by atoms with Crippen molar-refractivity contribution in [3.63, 3.8) is 0 Å². The van der Waals surface area contributed by atoms with Crippen molar-refractivity contribution in [2.45, 2.75) is 70.5 Å². The number of ether oxygens (including phenoxy) is 2. The average molecular weight is 367 g/mol. The van der Waals surface area contributed by atoms with Crippen LogP contribution < -0.4 is 0 Å². The zero-order chi connectivity index (χ0) is 18.4. The van der Waals surface area contributed by atoms with Gasteiger partial charge in [0.2, 0.25) is 5.91 Å². The molecule has 26 heavy (non-hydrogen) atoms. The largest absolute Gasteiger partial charge is 0.376 e. The van der Waals surface area contributed by atoms with Crippen molar-refractivity contribution in [1.82, 2.24) is 9.80 Å². The lowest BCUT2D eigenvalue weighted by molar-refractivity contribution is -0.147. The molecular formula is C20H34N2O4. The number of carbonyl (C=O) groups is 2. The summed E-state index contributed by atoms with van der Waals surface area (Å²) >= 11 is 0. The minimum absolute atomic E-state index is 0.0742. The summed E-state index contributed by atoms with van der Waals surface area (Å²) in [5.41, 5.74) is 0. The first-order valence-electron chi connectivity index (χ1n) is 10.4. The number of hydrogen-bond donors (Lipinski definition) is 0. The van der Waals surface area contributed by atoms with Gasteiger partial charge in [-0.05, 0) is 57.8 Å². The van der Waals surface area contributed by atoms with Crippen LogP contribution in [0.2, 0.25) is 0 Å². The van der Waals surface area contributed by atoms with Gasteiger partial charge in [0.15, 0.2) is 0 Å². The zero-order valence-corrected chi connectivity index (χ0v) is 16.2. The summed E-state index contributed by atoms with van der Waals surface area (Å²) in [7, 11) is 0. The number of amides is 2. The van der Waals surface area contributed by atoms with Gasteiger partial charge < -0.3 is 19.3 Å². The van der Waals surface area contributed by atoms with E-state index < -0.39 is 6.10 Å². The highest BCUT2D eigenvalue weighted by Crippen LogP contribution is 2.23. The monoisotopic (exact) mass is 366 g/mol. The first kappa shape index (κ1) is 19.6. The maximum Gasteiger partial charge on any atom is 0.251 e. The Morgan fingerprint density at radius 2 is 1.73 bits per heavy atom. The van der Waals surface area contributed by atoms with E-state index in [9.17, 15) is 9.59 Å². The van der Waals surface area contributed by atoms with Gasteiger partial charge in [0.05, 0.1) is 12.7 Å². The molecule has 0 aromatic heterocycles. The van der Waals surface area contributed by atoms with Crippen LogP contribution in [0.3, 0.4) is 0 Å². The molecule has 148 valence electrons. The quantitative estimate of drug-likeness (QED) is 0.723. The molecule has 6 heteroatoms. The molecule has 3 fully saturated rings. The van der Waals surface area contributed by atoms with Crippen LogP contribution in [-0.2, 0) is 19.1 Å². The summed E-state index contributed by atoms with van der Waals surface area (Å²) < 4.78 is 11.4. The van der Waals surface area contributed by atoms with E-state index in [1.807, 2.05) is 16.7 Å². The van der Waals surface area contributed by atoms with E-state index in [4.69, 9.17) is 9.47 Å². The third-order valence-corrected chi connectivity index (χ3v) is 6.00. The second kappa shape index (κ2) is 9.70. The van der Waals surface area contributed by atoms with Crippen molar-refractivity contribution in [2.75, 3.05) is 39.4 Å². The van der Waals surface area contributed by atoms with E-state index in [-0.39, 0.29) is 12.0 Å². The van der Waals surface area contributed by atoms with E-state index in [1.165, 1.54) is 6.42 Å². The Morgan fingerprint density at radius 3 is 2.38 bits per heavy atom. The molecule has 2 unspecified atom stereocenters. The van der Waals surface area contributed by atoms with Gasteiger partial charge in [-0.3, -0.25) is 9.59 Å². The Kier molecular flexibility index (Phi) is 7.32. The topological polar surface area (TPSA) is 59.1 Å². The van der Waals surface area contributed by atoms with Gasteiger partial charge in [0, 0.05) is 39.2 Å². The van der Waals surface area contributed by atoms with Gasteiger partial charge >= 0.3 is 0 Å². The Balaban J connectivity index is 1.35. The van der Waals surface area contributed by atoms with Crippen LogP contribution >= 0.6 is 0 Å². The molecule has 0 aliphatic carbocycles. The van der Waals surface area contributed by atoms with Crippen LogP contribution in [-0.4, -0.2) is 73.2 Å². The molecule has 2 amide bonds. The lowest BCUT2D eigenvalue weighted by Gasteiger charge is -2.34. The molecule has 3 aliphatic rings. The Hall–Kier alpha value is -1.14. The molecule has 2 atom stereocenters. The van der Waals surface area contributed by atoms with Crippen molar-refractivity contribution < 1.29 is 19.1 Å². The molecule has 3 aliphatic heterocycles. The van der Waals surface area contributed by atoms with Crippen molar-refractivity contribution in [2.24, 2.45) is 5.92 Å². The molecule has 0 aromatic carbocycles. The van der Waals surface area contributed by atoms with Crippen LogP contribution in [0.1, 0.15) is 58.3 Å². The van der Waals surface area contributed by atoms with Crippen molar-refractivity contribution >= 4 is 11.8 Å². The van der Waals surface area contributed by atoms with Gasteiger partial charge in [0.25, 0.3) is 5.91 Å². The van der Waals surface area contributed by atoms with Gasteiger partial charge in [-0.2, -0.15) is 0 Å². The standard InChI is InChI=1S/C20H34N2O4/c1-16(26-15-18-6-2-5-13-25-18)20(24)22-11-7-17(8-12-22)14-19(23)21-9-3-4-10-21/h16-18H,2-15H2,1H3. The van der Waals surface area contributed by atoms with Crippen molar-refractivity contribution in [3.8, 4) is 0 Å².